The van der Waals surface area contributed by atoms with Gasteiger partial charge in [0.2, 0.25) is 0 Å². The van der Waals surface area contributed by atoms with Crippen molar-refractivity contribution in [1.29, 1.82) is 0 Å². The maximum absolute atomic E-state index is 11.5. The molecule has 0 saturated heterocycles. The van der Waals surface area contributed by atoms with E-state index in [0.29, 0.717) is 24.2 Å². The number of ketones is 1. The fraction of sp³-hybridized carbons (Fsp3) is 0.923. The van der Waals surface area contributed by atoms with Crippen molar-refractivity contribution in [2.45, 2.75) is 73.4 Å². The van der Waals surface area contributed by atoms with Crippen LogP contribution in [-0.4, -0.2) is 17.9 Å². The van der Waals surface area contributed by atoms with E-state index >= 15 is 0 Å². The molecule has 0 aromatic rings. The Morgan fingerprint density at radius 3 is 1.87 bits per heavy atom. The fourth-order valence-electron chi connectivity index (χ4n) is 1.41. The van der Waals surface area contributed by atoms with Crippen molar-refractivity contribution in [3.05, 3.63) is 0 Å². The summed E-state index contributed by atoms with van der Waals surface area (Å²) in [6.45, 7) is 14.4. The van der Waals surface area contributed by atoms with Gasteiger partial charge in [0.25, 0.3) is 0 Å². The highest BCUT2D eigenvalue weighted by Gasteiger charge is 2.17. The lowest BCUT2D eigenvalue weighted by atomic mass is 9.98. The van der Waals surface area contributed by atoms with Gasteiger partial charge < -0.3 is 5.32 Å². The van der Waals surface area contributed by atoms with Crippen LogP contribution in [0.15, 0.2) is 0 Å². The summed E-state index contributed by atoms with van der Waals surface area (Å²) in [5, 5.41) is 3.31. The molecule has 0 aromatic heterocycles. The van der Waals surface area contributed by atoms with Crippen molar-refractivity contribution in [3.8, 4) is 0 Å². The minimum absolute atomic E-state index is 0.0602. The number of Topliss-reactive ketones (excluding diaryl/α,β-unsaturated/α-hetero) is 1. The topological polar surface area (TPSA) is 29.1 Å². The predicted octanol–water partition coefficient (Wildman–Crippen LogP) is 3.40. The third-order valence-corrected chi connectivity index (χ3v) is 1.98. The van der Waals surface area contributed by atoms with Crippen LogP contribution in [0.4, 0.5) is 0 Å². The number of carbonyl (C=O) groups excluding carboxylic acids is 1. The van der Waals surface area contributed by atoms with Gasteiger partial charge in [-0.05, 0) is 12.3 Å². The Morgan fingerprint density at radius 1 is 1.13 bits per heavy atom. The first-order chi connectivity index (χ1) is 6.97. The molecule has 0 aliphatic heterocycles. The molecule has 0 aromatic carbocycles. The largest absolute Gasteiger partial charge is 0.305 e. The van der Waals surface area contributed by atoms with E-state index in [1.807, 2.05) is 20.8 Å². The van der Waals surface area contributed by atoms with E-state index in [4.69, 9.17) is 0 Å². The summed E-state index contributed by atoms with van der Waals surface area (Å²) in [4.78, 5) is 11.5. The second-order valence-electron chi connectivity index (χ2n) is 4.32. The molecule has 0 radical (unpaired) electrons. The minimum Gasteiger partial charge on any atom is -0.305 e. The molecule has 0 rings (SSSR count). The monoisotopic (exact) mass is 215 g/mol. The molecule has 2 heteroatoms. The SMILES string of the molecule is CC.CCC(=O)C(CC(C)C)NC(C)C. The van der Waals surface area contributed by atoms with Gasteiger partial charge >= 0.3 is 0 Å². The summed E-state index contributed by atoms with van der Waals surface area (Å²) in [7, 11) is 0. The molecule has 0 heterocycles. The van der Waals surface area contributed by atoms with E-state index in [2.05, 4.69) is 33.0 Å². The molecule has 0 bridgehead atoms. The van der Waals surface area contributed by atoms with Gasteiger partial charge in [-0.2, -0.15) is 0 Å². The Labute approximate surface area is 95.8 Å². The van der Waals surface area contributed by atoms with E-state index in [9.17, 15) is 4.79 Å². The van der Waals surface area contributed by atoms with Gasteiger partial charge in [0.15, 0.2) is 0 Å². The standard InChI is InChI=1S/C11H23NO.C2H6/c1-6-11(13)10(7-8(2)3)12-9(4)5;1-2/h8-10,12H,6-7H2,1-5H3;1-2H3. The Morgan fingerprint density at radius 2 is 1.60 bits per heavy atom. The highest BCUT2D eigenvalue weighted by molar-refractivity contribution is 5.83. The molecule has 1 atom stereocenters. The van der Waals surface area contributed by atoms with Crippen LogP contribution in [0.3, 0.4) is 0 Å². The lowest BCUT2D eigenvalue weighted by Crippen LogP contribution is -2.41. The molecule has 1 unspecified atom stereocenters. The zero-order valence-electron chi connectivity index (χ0n) is 11.6. The molecule has 0 aliphatic carbocycles. The first-order valence-corrected chi connectivity index (χ1v) is 6.26. The van der Waals surface area contributed by atoms with Crippen LogP contribution in [0.2, 0.25) is 0 Å². The molecule has 0 aliphatic rings. The van der Waals surface area contributed by atoms with Gasteiger partial charge in [0.1, 0.15) is 5.78 Å². The van der Waals surface area contributed by atoms with Crippen LogP contribution in [-0.2, 0) is 4.79 Å². The van der Waals surface area contributed by atoms with Gasteiger partial charge in [-0.15, -0.1) is 0 Å². The average molecular weight is 215 g/mol. The molecule has 2 nitrogen and oxygen atoms in total. The van der Waals surface area contributed by atoms with Gasteiger partial charge in [0.05, 0.1) is 6.04 Å². The highest BCUT2D eigenvalue weighted by atomic mass is 16.1. The van der Waals surface area contributed by atoms with Crippen LogP contribution in [0.5, 0.6) is 0 Å². The van der Waals surface area contributed by atoms with Crippen LogP contribution >= 0.6 is 0 Å². The van der Waals surface area contributed by atoms with Crippen LogP contribution < -0.4 is 5.32 Å². The summed E-state index contributed by atoms with van der Waals surface area (Å²) in [6, 6.07) is 0.448. The Bertz CT molecular complexity index is 143. The summed E-state index contributed by atoms with van der Waals surface area (Å²) < 4.78 is 0. The number of carbonyl (C=O) groups is 1. The van der Waals surface area contributed by atoms with Gasteiger partial charge in [-0.1, -0.05) is 48.5 Å². The summed E-state index contributed by atoms with van der Waals surface area (Å²) >= 11 is 0. The fourth-order valence-corrected chi connectivity index (χ4v) is 1.41. The second-order valence-corrected chi connectivity index (χ2v) is 4.32. The third kappa shape index (κ3) is 9.92. The second kappa shape index (κ2) is 10.2. The predicted molar refractivity (Wildman–Crippen MR) is 68.2 cm³/mol. The molecule has 0 saturated carbocycles. The average Bonchev–Trinajstić information content (AvgIpc) is 2.17. The van der Waals surface area contributed by atoms with Crippen LogP contribution in [0.1, 0.15) is 61.3 Å². The molecular formula is C13H29NO. The lowest BCUT2D eigenvalue weighted by Gasteiger charge is -2.21. The zero-order valence-corrected chi connectivity index (χ0v) is 11.6. The highest BCUT2D eigenvalue weighted by Crippen LogP contribution is 2.07. The first-order valence-electron chi connectivity index (χ1n) is 6.26. The maximum atomic E-state index is 11.5. The van der Waals surface area contributed by atoms with Gasteiger partial charge in [-0.25, -0.2) is 0 Å². The van der Waals surface area contributed by atoms with Gasteiger partial charge in [0, 0.05) is 12.5 Å². The normalized spacial score (nSPS) is 12.3. The summed E-state index contributed by atoms with van der Waals surface area (Å²) in [6.07, 6.45) is 1.59. The molecule has 1 N–H and O–H groups in total. The minimum atomic E-state index is 0.0602. The van der Waals surface area contributed by atoms with Crippen molar-refractivity contribution >= 4 is 5.78 Å². The van der Waals surface area contributed by atoms with Crippen molar-refractivity contribution in [2.24, 2.45) is 5.92 Å². The van der Waals surface area contributed by atoms with E-state index in [1.165, 1.54) is 0 Å². The first kappa shape index (κ1) is 17.0. The lowest BCUT2D eigenvalue weighted by molar-refractivity contribution is -0.121. The van der Waals surface area contributed by atoms with Gasteiger partial charge in [-0.3, -0.25) is 4.79 Å². The van der Waals surface area contributed by atoms with Crippen molar-refractivity contribution in [3.63, 3.8) is 0 Å². The Balaban J connectivity index is 0. The van der Waals surface area contributed by atoms with E-state index < -0.39 is 0 Å². The molecule has 0 spiro atoms. The molecule has 0 amide bonds. The maximum Gasteiger partial charge on any atom is 0.149 e. The van der Waals surface area contributed by atoms with Crippen LogP contribution in [0, 0.1) is 5.92 Å². The van der Waals surface area contributed by atoms with E-state index in [-0.39, 0.29) is 6.04 Å². The van der Waals surface area contributed by atoms with E-state index in [1.54, 1.807) is 0 Å². The third-order valence-electron chi connectivity index (χ3n) is 1.98. The number of hydrogen-bond acceptors (Lipinski definition) is 2. The van der Waals surface area contributed by atoms with Crippen LogP contribution in [0.25, 0.3) is 0 Å². The smallest absolute Gasteiger partial charge is 0.149 e. The molecule has 92 valence electrons. The van der Waals surface area contributed by atoms with Crippen molar-refractivity contribution < 1.29 is 4.79 Å². The number of hydrogen-bond donors (Lipinski definition) is 1. The Kier molecular flexibility index (Phi) is 11.5. The van der Waals surface area contributed by atoms with Crippen molar-refractivity contribution in [2.75, 3.05) is 0 Å². The molecule has 0 fully saturated rings. The quantitative estimate of drug-likeness (QED) is 0.735. The Hall–Kier alpha value is -0.370. The van der Waals surface area contributed by atoms with E-state index in [0.717, 1.165) is 6.42 Å². The molecule has 15 heavy (non-hydrogen) atoms. The summed E-state index contributed by atoms with van der Waals surface area (Å²) in [5.41, 5.74) is 0. The van der Waals surface area contributed by atoms with Crippen molar-refractivity contribution in [1.82, 2.24) is 5.32 Å². The zero-order chi connectivity index (χ0) is 12.4. The number of nitrogens with one attached hydrogen (secondary N) is 1. The number of rotatable bonds is 6. The molecular weight excluding hydrogens is 186 g/mol. The summed E-state index contributed by atoms with van der Waals surface area (Å²) in [5.74, 6) is 0.911.